The lowest BCUT2D eigenvalue weighted by molar-refractivity contribution is -0.123. The molecule has 0 bridgehead atoms. The van der Waals surface area contributed by atoms with Crippen molar-refractivity contribution < 1.29 is 28.5 Å². The highest BCUT2D eigenvalue weighted by Gasteiger charge is 2.13. The summed E-state index contributed by atoms with van der Waals surface area (Å²) < 4.78 is 21.9. The number of amides is 1. The summed E-state index contributed by atoms with van der Waals surface area (Å²) in [6.07, 6.45) is 3.48. The number of rotatable bonds is 12. The molecule has 0 aromatic heterocycles. The Labute approximate surface area is 210 Å². The molecular weight excluding hydrogens is 460 g/mol. The van der Waals surface area contributed by atoms with Crippen LogP contribution in [0.15, 0.2) is 71.8 Å². The van der Waals surface area contributed by atoms with Gasteiger partial charge in [-0.05, 0) is 73.5 Å². The van der Waals surface area contributed by atoms with Gasteiger partial charge in [0, 0.05) is 0 Å². The fraction of sp³-hybridized carbons (Fsp3) is 0.250. The predicted octanol–water partition coefficient (Wildman–Crippen LogP) is 4.93. The third-order valence-electron chi connectivity index (χ3n) is 5.04. The van der Waals surface area contributed by atoms with Gasteiger partial charge in [0.15, 0.2) is 18.1 Å². The van der Waals surface area contributed by atoms with Gasteiger partial charge in [-0.3, -0.25) is 4.79 Å². The second kappa shape index (κ2) is 13.5. The molecule has 0 spiro atoms. The van der Waals surface area contributed by atoms with E-state index in [1.165, 1.54) is 13.3 Å². The van der Waals surface area contributed by atoms with Crippen LogP contribution in [0, 0.1) is 6.92 Å². The van der Waals surface area contributed by atoms with Crippen LogP contribution in [-0.4, -0.2) is 38.4 Å². The summed E-state index contributed by atoms with van der Waals surface area (Å²) in [4.78, 5) is 24.5. The molecule has 0 saturated carbocycles. The molecule has 3 aromatic carbocycles. The van der Waals surface area contributed by atoms with Gasteiger partial charge in [-0.1, -0.05) is 31.0 Å². The molecule has 0 aliphatic carbocycles. The first-order valence-corrected chi connectivity index (χ1v) is 11.6. The maximum atomic E-state index is 12.6. The van der Waals surface area contributed by atoms with Crippen molar-refractivity contribution in [2.75, 3.05) is 20.3 Å². The van der Waals surface area contributed by atoms with Crippen molar-refractivity contribution in [2.45, 2.75) is 26.7 Å². The SMILES string of the molecule is CCCCOc1ccc(C(=O)Oc2ccc(/C=N\NC(=O)COc3ccc(C)cc3)cc2OC)cc1. The molecule has 3 rings (SSSR count). The summed E-state index contributed by atoms with van der Waals surface area (Å²) in [6, 6.07) is 19.1. The minimum absolute atomic E-state index is 0.162. The number of carbonyl (C=O) groups is 2. The van der Waals surface area contributed by atoms with E-state index in [1.54, 1.807) is 54.6 Å². The summed E-state index contributed by atoms with van der Waals surface area (Å²) >= 11 is 0. The van der Waals surface area contributed by atoms with Gasteiger partial charge in [-0.25, -0.2) is 10.2 Å². The Morgan fingerprint density at radius 3 is 2.31 bits per heavy atom. The zero-order valence-corrected chi connectivity index (χ0v) is 20.7. The first-order valence-electron chi connectivity index (χ1n) is 11.6. The first kappa shape index (κ1) is 26.3. The molecule has 0 aliphatic rings. The average Bonchev–Trinajstić information content (AvgIpc) is 2.89. The third-order valence-corrected chi connectivity index (χ3v) is 5.04. The van der Waals surface area contributed by atoms with Crippen LogP contribution >= 0.6 is 0 Å². The number of nitrogens with zero attached hydrogens (tertiary/aromatic N) is 1. The Morgan fingerprint density at radius 2 is 1.61 bits per heavy atom. The minimum Gasteiger partial charge on any atom is -0.494 e. The third kappa shape index (κ3) is 8.16. The molecule has 36 heavy (non-hydrogen) atoms. The summed E-state index contributed by atoms with van der Waals surface area (Å²) in [6.45, 7) is 4.54. The Morgan fingerprint density at radius 1 is 0.917 bits per heavy atom. The van der Waals surface area contributed by atoms with Gasteiger partial charge >= 0.3 is 5.97 Å². The normalized spacial score (nSPS) is 10.6. The molecule has 188 valence electrons. The standard InChI is InChI=1S/C28H30N2O6/c1-4-5-16-34-23-13-9-22(10-14-23)28(32)36-25-15-8-21(17-26(25)33-3)18-29-30-27(31)19-35-24-11-6-20(2)7-12-24/h6-15,17-18H,4-5,16,19H2,1-3H3,(H,30,31)/b29-18-. The van der Waals surface area contributed by atoms with Crippen LogP contribution in [0.3, 0.4) is 0 Å². The summed E-state index contributed by atoms with van der Waals surface area (Å²) in [5, 5.41) is 3.94. The molecule has 3 aromatic rings. The lowest BCUT2D eigenvalue weighted by Gasteiger charge is -2.10. The number of hydrazone groups is 1. The van der Waals surface area contributed by atoms with E-state index in [1.807, 2.05) is 19.1 Å². The number of benzene rings is 3. The van der Waals surface area contributed by atoms with Gasteiger partial charge in [0.05, 0.1) is 25.5 Å². The van der Waals surface area contributed by atoms with Crippen molar-refractivity contribution in [2.24, 2.45) is 5.10 Å². The Hall–Kier alpha value is -4.33. The topological polar surface area (TPSA) is 95.5 Å². The quantitative estimate of drug-likeness (QED) is 0.127. The van der Waals surface area contributed by atoms with Crippen molar-refractivity contribution in [3.8, 4) is 23.0 Å². The van der Waals surface area contributed by atoms with E-state index in [9.17, 15) is 9.59 Å². The van der Waals surface area contributed by atoms with Gasteiger partial charge in [-0.15, -0.1) is 0 Å². The van der Waals surface area contributed by atoms with Gasteiger partial charge in [0.1, 0.15) is 11.5 Å². The monoisotopic (exact) mass is 490 g/mol. The van der Waals surface area contributed by atoms with Crippen molar-refractivity contribution in [3.05, 3.63) is 83.4 Å². The lowest BCUT2D eigenvalue weighted by atomic mass is 10.2. The molecule has 0 atom stereocenters. The average molecular weight is 491 g/mol. The Bertz CT molecular complexity index is 1170. The number of hydrogen-bond acceptors (Lipinski definition) is 7. The highest BCUT2D eigenvalue weighted by molar-refractivity contribution is 5.92. The highest BCUT2D eigenvalue weighted by Crippen LogP contribution is 2.28. The van der Waals surface area contributed by atoms with Crippen LogP contribution in [0.1, 0.15) is 41.3 Å². The summed E-state index contributed by atoms with van der Waals surface area (Å²) in [7, 11) is 1.47. The van der Waals surface area contributed by atoms with Crippen LogP contribution in [0.25, 0.3) is 0 Å². The van der Waals surface area contributed by atoms with E-state index in [-0.39, 0.29) is 12.4 Å². The molecule has 0 radical (unpaired) electrons. The van der Waals surface area contributed by atoms with E-state index < -0.39 is 11.9 Å². The Balaban J connectivity index is 1.52. The van der Waals surface area contributed by atoms with E-state index >= 15 is 0 Å². The molecule has 8 heteroatoms. The molecular formula is C28H30N2O6. The number of esters is 1. The number of nitrogens with one attached hydrogen (secondary N) is 1. The van der Waals surface area contributed by atoms with Crippen molar-refractivity contribution in [1.82, 2.24) is 5.43 Å². The second-order valence-electron chi connectivity index (χ2n) is 7.92. The van der Waals surface area contributed by atoms with E-state index in [2.05, 4.69) is 17.5 Å². The van der Waals surface area contributed by atoms with Crippen molar-refractivity contribution in [1.29, 1.82) is 0 Å². The van der Waals surface area contributed by atoms with Crippen LogP contribution < -0.4 is 24.4 Å². The smallest absolute Gasteiger partial charge is 0.343 e. The second-order valence-corrected chi connectivity index (χ2v) is 7.92. The largest absolute Gasteiger partial charge is 0.494 e. The van der Waals surface area contributed by atoms with Gasteiger partial charge < -0.3 is 18.9 Å². The Kier molecular flexibility index (Phi) is 9.88. The number of unbranched alkanes of at least 4 members (excludes halogenated alkanes) is 1. The number of methoxy groups -OCH3 is 1. The first-order chi connectivity index (χ1) is 17.5. The van der Waals surface area contributed by atoms with Crippen molar-refractivity contribution in [3.63, 3.8) is 0 Å². The molecule has 0 fully saturated rings. The molecule has 1 N–H and O–H groups in total. The zero-order chi connectivity index (χ0) is 25.8. The maximum absolute atomic E-state index is 12.6. The van der Waals surface area contributed by atoms with E-state index in [4.69, 9.17) is 18.9 Å². The van der Waals surface area contributed by atoms with Gasteiger partial charge in [0.25, 0.3) is 5.91 Å². The number of aryl methyl sites for hydroxylation is 1. The molecule has 0 heterocycles. The predicted molar refractivity (Wildman–Crippen MR) is 137 cm³/mol. The fourth-order valence-electron chi connectivity index (χ4n) is 3.02. The van der Waals surface area contributed by atoms with Crippen LogP contribution in [-0.2, 0) is 4.79 Å². The molecule has 0 saturated heterocycles. The van der Waals surface area contributed by atoms with Gasteiger partial charge in [-0.2, -0.15) is 5.10 Å². The summed E-state index contributed by atoms with van der Waals surface area (Å²) in [5.41, 5.74) is 4.54. The molecule has 1 amide bonds. The fourth-order valence-corrected chi connectivity index (χ4v) is 3.02. The summed E-state index contributed by atoms with van der Waals surface area (Å²) in [5.74, 6) is 1.00. The number of carbonyl (C=O) groups excluding carboxylic acids is 2. The van der Waals surface area contributed by atoms with Gasteiger partial charge in [0.2, 0.25) is 0 Å². The lowest BCUT2D eigenvalue weighted by Crippen LogP contribution is -2.24. The zero-order valence-electron chi connectivity index (χ0n) is 20.7. The van der Waals surface area contributed by atoms with E-state index in [0.29, 0.717) is 35.0 Å². The van der Waals surface area contributed by atoms with Crippen LogP contribution in [0.2, 0.25) is 0 Å². The number of ether oxygens (including phenoxy) is 4. The van der Waals surface area contributed by atoms with Crippen LogP contribution in [0.5, 0.6) is 23.0 Å². The molecule has 0 aliphatic heterocycles. The van der Waals surface area contributed by atoms with E-state index in [0.717, 1.165) is 18.4 Å². The van der Waals surface area contributed by atoms with Crippen molar-refractivity contribution >= 4 is 18.1 Å². The molecule has 8 nitrogen and oxygen atoms in total. The van der Waals surface area contributed by atoms with Crippen LogP contribution in [0.4, 0.5) is 0 Å². The maximum Gasteiger partial charge on any atom is 0.343 e. The minimum atomic E-state index is -0.518. The molecule has 0 unspecified atom stereocenters. The number of hydrogen-bond donors (Lipinski definition) is 1. The highest BCUT2D eigenvalue weighted by atomic mass is 16.6.